The van der Waals surface area contributed by atoms with Crippen LogP contribution in [0.15, 0.2) is 66.7 Å². The van der Waals surface area contributed by atoms with E-state index < -0.39 is 0 Å². The molecule has 0 bridgehead atoms. The summed E-state index contributed by atoms with van der Waals surface area (Å²) >= 11 is 0. The van der Waals surface area contributed by atoms with E-state index in [1.54, 1.807) is 13.2 Å². The highest BCUT2D eigenvalue weighted by Gasteiger charge is 2.16. The molecule has 166 valence electrons. The van der Waals surface area contributed by atoms with Crippen molar-refractivity contribution in [2.24, 2.45) is 0 Å². The zero-order chi connectivity index (χ0) is 23.5. The predicted octanol–water partition coefficient (Wildman–Crippen LogP) is 5.74. The van der Waals surface area contributed by atoms with Gasteiger partial charge in [0.2, 0.25) is 5.91 Å². The maximum absolute atomic E-state index is 13.4. The van der Waals surface area contributed by atoms with Crippen LogP contribution in [0.2, 0.25) is 0 Å². The highest BCUT2D eigenvalue weighted by atomic mass is 16.5. The van der Waals surface area contributed by atoms with Crippen molar-refractivity contribution in [3.8, 4) is 17.0 Å². The zero-order valence-electron chi connectivity index (χ0n) is 19.0. The number of fused-ring (bicyclic) bond motifs is 1. The largest absolute Gasteiger partial charge is 0.495 e. The van der Waals surface area contributed by atoms with E-state index in [0.717, 1.165) is 27.6 Å². The molecule has 2 amide bonds. The fourth-order valence-corrected chi connectivity index (χ4v) is 3.71. The van der Waals surface area contributed by atoms with E-state index in [-0.39, 0.29) is 11.8 Å². The number of methoxy groups -OCH3 is 1. The van der Waals surface area contributed by atoms with Crippen molar-refractivity contribution >= 4 is 34.1 Å². The van der Waals surface area contributed by atoms with Crippen LogP contribution in [0.25, 0.3) is 22.2 Å². The van der Waals surface area contributed by atoms with Gasteiger partial charge in [0.05, 0.1) is 29.6 Å². The lowest BCUT2D eigenvalue weighted by Crippen LogP contribution is -2.14. The number of nitrogens with one attached hydrogen (secondary N) is 2. The summed E-state index contributed by atoms with van der Waals surface area (Å²) in [5, 5.41) is 6.53. The molecule has 1 heterocycles. The fraction of sp³-hybridized carbons (Fsp3) is 0.148. The SMILES string of the molecule is COc1ccc(C)cc1NC(=O)c1cc(-c2ccc(NC(C)=O)cc2)nc2ccc(C)cc12. The Labute approximate surface area is 192 Å². The molecule has 4 rings (SSSR count). The molecule has 0 aliphatic rings. The normalized spacial score (nSPS) is 10.7. The molecule has 33 heavy (non-hydrogen) atoms. The number of aromatic nitrogens is 1. The first kappa shape index (κ1) is 22.0. The number of anilines is 2. The number of carbonyl (C=O) groups is 2. The summed E-state index contributed by atoms with van der Waals surface area (Å²) < 4.78 is 5.42. The number of hydrogen-bond acceptors (Lipinski definition) is 4. The minimum absolute atomic E-state index is 0.132. The summed E-state index contributed by atoms with van der Waals surface area (Å²) in [6.45, 7) is 5.41. The van der Waals surface area contributed by atoms with Crippen molar-refractivity contribution in [2.45, 2.75) is 20.8 Å². The van der Waals surface area contributed by atoms with Gasteiger partial charge in [0.25, 0.3) is 5.91 Å². The minimum atomic E-state index is -0.243. The number of amides is 2. The quantitative estimate of drug-likeness (QED) is 0.416. The van der Waals surface area contributed by atoms with E-state index in [2.05, 4.69) is 10.6 Å². The van der Waals surface area contributed by atoms with Crippen molar-refractivity contribution in [3.05, 3.63) is 83.4 Å². The number of nitrogens with zero attached hydrogens (tertiary/aromatic N) is 1. The van der Waals surface area contributed by atoms with Gasteiger partial charge >= 0.3 is 0 Å². The summed E-state index contributed by atoms with van der Waals surface area (Å²) in [6.07, 6.45) is 0. The zero-order valence-corrected chi connectivity index (χ0v) is 19.0. The summed E-state index contributed by atoms with van der Waals surface area (Å²) in [5.41, 5.74) is 6.13. The van der Waals surface area contributed by atoms with Gasteiger partial charge in [-0.3, -0.25) is 9.59 Å². The number of carbonyl (C=O) groups excluding carboxylic acids is 2. The maximum Gasteiger partial charge on any atom is 0.256 e. The lowest BCUT2D eigenvalue weighted by molar-refractivity contribution is -0.114. The molecule has 0 aliphatic carbocycles. The van der Waals surface area contributed by atoms with Crippen LogP contribution in [0.4, 0.5) is 11.4 Å². The number of benzene rings is 3. The molecule has 6 nitrogen and oxygen atoms in total. The van der Waals surface area contributed by atoms with Crippen molar-refractivity contribution in [1.29, 1.82) is 0 Å². The number of rotatable bonds is 5. The van der Waals surface area contributed by atoms with Gasteiger partial charge in [-0.15, -0.1) is 0 Å². The van der Waals surface area contributed by atoms with Gasteiger partial charge in [-0.1, -0.05) is 29.8 Å². The van der Waals surface area contributed by atoms with Crippen LogP contribution < -0.4 is 15.4 Å². The Balaban J connectivity index is 1.78. The van der Waals surface area contributed by atoms with Crippen molar-refractivity contribution in [2.75, 3.05) is 17.7 Å². The Hall–Kier alpha value is -4.19. The third kappa shape index (κ3) is 4.85. The average Bonchev–Trinajstić information content (AvgIpc) is 2.78. The van der Waals surface area contributed by atoms with Crippen LogP contribution in [-0.4, -0.2) is 23.9 Å². The van der Waals surface area contributed by atoms with E-state index in [1.165, 1.54) is 6.92 Å². The van der Waals surface area contributed by atoms with Crippen LogP contribution >= 0.6 is 0 Å². The van der Waals surface area contributed by atoms with Crippen LogP contribution in [0.1, 0.15) is 28.4 Å². The van der Waals surface area contributed by atoms with Crippen LogP contribution in [0.5, 0.6) is 5.75 Å². The standard InChI is InChI=1S/C27H25N3O3/c1-16-5-11-23-21(13-16)22(27(32)30-25-14-17(2)6-12-26(25)33-4)15-24(29-23)19-7-9-20(10-8-19)28-18(3)31/h5-15H,1-4H3,(H,28,31)(H,30,32). The van der Waals surface area contributed by atoms with Gasteiger partial charge in [0, 0.05) is 23.6 Å². The van der Waals surface area contributed by atoms with E-state index in [1.807, 2.05) is 74.5 Å². The monoisotopic (exact) mass is 439 g/mol. The third-order valence-electron chi connectivity index (χ3n) is 5.31. The Morgan fingerprint density at radius 1 is 0.848 bits per heavy atom. The molecule has 0 fully saturated rings. The Morgan fingerprint density at radius 2 is 1.55 bits per heavy atom. The van der Waals surface area contributed by atoms with Crippen molar-refractivity contribution in [3.63, 3.8) is 0 Å². The first-order chi connectivity index (χ1) is 15.8. The van der Waals surface area contributed by atoms with E-state index in [4.69, 9.17) is 9.72 Å². The van der Waals surface area contributed by atoms with Crippen molar-refractivity contribution < 1.29 is 14.3 Å². The molecule has 0 aliphatic heterocycles. The van der Waals surface area contributed by atoms with Crippen LogP contribution in [-0.2, 0) is 4.79 Å². The lowest BCUT2D eigenvalue weighted by Gasteiger charge is -2.14. The molecule has 0 radical (unpaired) electrons. The summed E-state index contributed by atoms with van der Waals surface area (Å²) in [6, 6.07) is 20.7. The van der Waals surface area contributed by atoms with Crippen LogP contribution in [0.3, 0.4) is 0 Å². The van der Waals surface area contributed by atoms with Gasteiger partial charge in [-0.05, 0) is 61.9 Å². The average molecular weight is 440 g/mol. The van der Waals surface area contributed by atoms with Gasteiger partial charge < -0.3 is 15.4 Å². The van der Waals surface area contributed by atoms with Crippen molar-refractivity contribution in [1.82, 2.24) is 4.98 Å². The number of hydrogen-bond donors (Lipinski definition) is 2. The molecule has 3 aromatic carbocycles. The number of pyridine rings is 1. The lowest BCUT2D eigenvalue weighted by atomic mass is 10.0. The molecule has 0 saturated heterocycles. The van der Waals surface area contributed by atoms with E-state index in [9.17, 15) is 9.59 Å². The molecule has 0 unspecified atom stereocenters. The summed E-state index contributed by atoms with van der Waals surface area (Å²) in [5.74, 6) is 0.220. The Kier molecular flexibility index (Phi) is 6.09. The molecule has 0 saturated carbocycles. The molecule has 0 spiro atoms. The second-order valence-corrected chi connectivity index (χ2v) is 7.99. The topological polar surface area (TPSA) is 80.3 Å². The predicted molar refractivity (Wildman–Crippen MR) is 132 cm³/mol. The number of aryl methyl sites for hydroxylation is 2. The van der Waals surface area contributed by atoms with Crippen LogP contribution in [0, 0.1) is 13.8 Å². The number of ether oxygens (including phenoxy) is 1. The fourth-order valence-electron chi connectivity index (χ4n) is 3.71. The third-order valence-corrected chi connectivity index (χ3v) is 5.31. The molecular weight excluding hydrogens is 414 g/mol. The minimum Gasteiger partial charge on any atom is -0.495 e. The van der Waals surface area contributed by atoms with Gasteiger partial charge in [-0.2, -0.15) is 0 Å². The highest BCUT2D eigenvalue weighted by molar-refractivity contribution is 6.13. The molecule has 6 heteroatoms. The molecule has 4 aromatic rings. The Morgan fingerprint density at radius 3 is 2.24 bits per heavy atom. The summed E-state index contributed by atoms with van der Waals surface area (Å²) in [7, 11) is 1.58. The molecule has 0 atom stereocenters. The first-order valence-electron chi connectivity index (χ1n) is 10.6. The second-order valence-electron chi connectivity index (χ2n) is 7.99. The highest BCUT2D eigenvalue weighted by Crippen LogP contribution is 2.30. The summed E-state index contributed by atoms with van der Waals surface area (Å²) in [4.78, 5) is 29.5. The smallest absolute Gasteiger partial charge is 0.256 e. The molecular formula is C27H25N3O3. The van der Waals surface area contributed by atoms with E-state index in [0.29, 0.717) is 28.4 Å². The molecule has 2 N–H and O–H groups in total. The Bertz CT molecular complexity index is 1360. The van der Waals surface area contributed by atoms with Gasteiger partial charge in [0.1, 0.15) is 5.75 Å². The maximum atomic E-state index is 13.4. The van der Waals surface area contributed by atoms with Gasteiger partial charge in [-0.25, -0.2) is 4.98 Å². The second kappa shape index (κ2) is 9.12. The van der Waals surface area contributed by atoms with Gasteiger partial charge in [0.15, 0.2) is 0 Å². The molecule has 1 aromatic heterocycles. The van der Waals surface area contributed by atoms with E-state index >= 15 is 0 Å². The first-order valence-corrected chi connectivity index (χ1v) is 10.6.